The highest BCUT2D eigenvalue weighted by Gasteiger charge is 2.23. The summed E-state index contributed by atoms with van der Waals surface area (Å²) in [4.78, 5) is 33.6. The summed E-state index contributed by atoms with van der Waals surface area (Å²) in [6.45, 7) is 9.05. The Balaban J connectivity index is 1.58. The molecule has 3 heterocycles. The van der Waals surface area contributed by atoms with Gasteiger partial charge in [-0.3, -0.25) is 14.2 Å². The number of aryl methyl sites for hydroxylation is 4. The van der Waals surface area contributed by atoms with Crippen LogP contribution in [-0.2, 0) is 17.7 Å². The summed E-state index contributed by atoms with van der Waals surface area (Å²) in [5.41, 5.74) is 5.92. The lowest BCUT2D eigenvalue weighted by Crippen LogP contribution is -2.29. The zero-order chi connectivity index (χ0) is 23.0. The minimum Gasteiger partial charge on any atom is -0.442 e. The van der Waals surface area contributed by atoms with Gasteiger partial charge in [-0.25, -0.2) is 4.98 Å². The molecule has 0 radical (unpaired) electrons. The number of rotatable bonds is 7. The van der Waals surface area contributed by atoms with Crippen LogP contribution in [0.3, 0.4) is 0 Å². The van der Waals surface area contributed by atoms with Crippen LogP contribution < -0.4 is 10.9 Å². The van der Waals surface area contributed by atoms with Gasteiger partial charge in [0.25, 0.3) is 11.5 Å². The minimum atomic E-state index is -0.338. The summed E-state index contributed by atoms with van der Waals surface area (Å²) < 4.78 is 12.1. The number of fused-ring (bicyclic) bond motifs is 2. The zero-order valence-corrected chi connectivity index (χ0v) is 19.1. The number of benzene rings is 1. The van der Waals surface area contributed by atoms with Gasteiger partial charge in [-0.2, -0.15) is 0 Å². The van der Waals surface area contributed by atoms with Crippen molar-refractivity contribution in [2.75, 3.05) is 20.3 Å². The number of hydrogen-bond donors (Lipinski definition) is 2. The standard InChI is InChI=1S/C24H28N4O4/c1-13-10-14(2)21-18(11-13)17(15(3)27-21)6-7-25-22(29)19-16(4)32-23-20(19)24(30)28(12-26-23)8-9-31-5/h10-12,27H,6-9H2,1-5H3,(H,25,29). The molecule has 4 aromatic rings. The molecule has 0 fully saturated rings. The van der Waals surface area contributed by atoms with Crippen molar-refractivity contribution in [2.24, 2.45) is 0 Å². The number of amides is 1. The molecule has 0 spiro atoms. The number of methoxy groups -OCH3 is 1. The summed E-state index contributed by atoms with van der Waals surface area (Å²) in [6.07, 6.45) is 2.09. The molecule has 32 heavy (non-hydrogen) atoms. The van der Waals surface area contributed by atoms with Crippen molar-refractivity contribution in [1.82, 2.24) is 19.9 Å². The molecule has 0 saturated carbocycles. The number of aromatic amines is 1. The van der Waals surface area contributed by atoms with E-state index in [1.165, 1.54) is 33.0 Å². The number of nitrogens with zero attached hydrogens (tertiary/aromatic N) is 2. The van der Waals surface area contributed by atoms with E-state index >= 15 is 0 Å². The van der Waals surface area contributed by atoms with Crippen LogP contribution in [0.15, 0.2) is 27.7 Å². The molecule has 0 aliphatic rings. The maximum Gasteiger partial charge on any atom is 0.265 e. The molecule has 0 bridgehead atoms. The predicted molar refractivity (Wildman–Crippen MR) is 123 cm³/mol. The second-order valence-corrected chi connectivity index (χ2v) is 8.19. The fourth-order valence-corrected chi connectivity index (χ4v) is 4.31. The normalized spacial score (nSPS) is 11.5. The number of aromatic nitrogens is 3. The van der Waals surface area contributed by atoms with Crippen LogP contribution in [0.4, 0.5) is 0 Å². The lowest BCUT2D eigenvalue weighted by molar-refractivity contribution is 0.0954. The van der Waals surface area contributed by atoms with Crippen molar-refractivity contribution in [3.8, 4) is 0 Å². The largest absolute Gasteiger partial charge is 0.442 e. The molecule has 0 aliphatic heterocycles. The molecule has 1 aromatic carbocycles. The van der Waals surface area contributed by atoms with Crippen LogP contribution in [0.2, 0.25) is 0 Å². The molecule has 2 N–H and O–H groups in total. The molecule has 8 heteroatoms. The quantitative estimate of drug-likeness (QED) is 0.463. The number of hydrogen-bond acceptors (Lipinski definition) is 5. The maximum absolute atomic E-state index is 13.0. The Kier molecular flexibility index (Phi) is 5.88. The second-order valence-electron chi connectivity index (χ2n) is 8.19. The van der Waals surface area contributed by atoms with Crippen molar-refractivity contribution in [3.63, 3.8) is 0 Å². The Morgan fingerprint density at radius 2 is 2.03 bits per heavy atom. The molecule has 0 aliphatic carbocycles. The van der Waals surface area contributed by atoms with Crippen LogP contribution >= 0.6 is 0 Å². The van der Waals surface area contributed by atoms with E-state index in [4.69, 9.17) is 9.15 Å². The van der Waals surface area contributed by atoms with Crippen molar-refractivity contribution >= 4 is 27.9 Å². The molecule has 0 atom stereocenters. The Morgan fingerprint density at radius 1 is 1.25 bits per heavy atom. The SMILES string of the molecule is COCCn1cnc2oc(C)c(C(=O)NCCc3c(C)[nH]c4c(C)cc(C)cc34)c2c1=O. The lowest BCUT2D eigenvalue weighted by Gasteiger charge is -2.07. The van der Waals surface area contributed by atoms with Gasteiger partial charge in [0.15, 0.2) is 0 Å². The number of nitrogens with one attached hydrogen (secondary N) is 2. The summed E-state index contributed by atoms with van der Waals surface area (Å²) >= 11 is 0. The van der Waals surface area contributed by atoms with Crippen LogP contribution in [-0.4, -0.2) is 40.7 Å². The number of ether oxygens (including phenoxy) is 1. The first kappa shape index (κ1) is 21.8. The molecule has 1 amide bonds. The monoisotopic (exact) mass is 436 g/mol. The molecule has 0 saturated heterocycles. The van der Waals surface area contributed by atoms with Crippen molar-refractivity contribution in [2.45, 2.75) is 40.7 Å². The third-order valence-electron chi connectivity index (χ3n) is 5.85. The van der Waals surface area contributed by atoms with Gasteiger partial charge in [-0.15, -0.1) is 0 Å². The van der Waals surface area contributed by atoms with Crippen LogP contribution in [0, 0.1) is 27.7 Å². The van der Waals surface area contributed by atoms with Gasteiger partial charge < -0.3 is 19.5 Å². The fraction of sp³-hybridized carbons (Fsp3) is 0.375. The van der Waals surface area contributed by atoms with Crippen molar-refractivity contribution < 1.29 is 13.9 Å². The van der Waals surface area contributed by atoms with E-state index in [0.29, 0.717) is 31.9 Å². The maximum atomic E-state index is 13.0. The molecule has 3 aromatic heterocycles. The van der Waals surface area contributed by atoms with E-state index < -0.39 is 0 Å². The molecule has 8 nitrogen and oxygen atoms in total. The van der Waals surface area contributed by atoms with E-state index in [1.807, 2.05) is 6.92 Å². The van der Waals surface area contributed by atoms with Gasteiger partial charge in [-0.05, 0) is 51.3 Å². The van der Waals surface area contributed by atoms with Gasteiger partial charge in [0.2, 0.25) is 5.71 Å². The Hall–Kier alpha value is -3.39. The first-order valence-corrected chi connectivity index (χ1v) is 10.7. The summed E-state index contributed by atoms with van der Waals surface area (Å²) in [5.74, 6) is 0.0376. The minimum absolute atomic E-state index is 0.171. The highest BCUT2D eigenvalue weighted by Crippen LogP contribution is 2.27. The molecule has 0 unspecified atom stereocenters. The summed E-state index contributed by atoms with van der Waals surface area (Å²) in [5, 5.41) is 4.34. The topological polar surface area (TPSA) is 102 Å². The fourth-order valence-electron chi connectivity index (χ4n) is 4.31. The van der Waals surface area contributed by atoms with E-state index in [1.54, 1.807) is 14.0 Å². The summed E-state index contributed by atoms with van der Waals surface area (Å²) in [7, 11) is 1.57. The molecule has 168 valence electrons. The van der Waals surface area contributed by atoms with Crippen LogP contribution in [0.25, 0.3) is 22.0 Å². The highest BCUT2D eigenvalue weighted by atomic mass is 16.5. The van der Waals surface area contributed by atoms with Crippen LogP contribution in [0.1, 0.15) is 38.5 Å². The van der Waals surface area contributed by atoms with Gasteiger partial charge >= 0.3 is 0 Å². The van der Waals surface area contributed by atoms with Crippen LogP contribution in [0.5, 0.6) is 0 Å². The lowest BCUT2D eigenvalue weighted by atomic mass is 10.0. The Labute approximate surface area is 185 Å². The number of carbonyl (C=O) groups is 1. The van der Waals surface area contributed by atoms with Gasteiger partial charge in [0.1, 0.15) is 17.5 Å². The molecule has 4 rings (SSSR count). The third-order valence-corrected chi connectivity index (χ3v) is 5.85. The average Bonchev–Trinajstić information content (AvgIpc) is 3.24. The number of carbonyl (C=O) groups excluding carboxylic acids is 1. The molecular weight excluding hydrogens is 408 g/mol. The average molecular weight is 437 g/mol. The van der Waals surface area contributed by atoms with Gasteiger partial charge in [-0.1, -0.05) is 11.6 Å². The first-order valence-electron chi connectivity index (χ1n) is 10.7. The van der Waals surface area contributed by atoms with Crippen molar-refractivity contribution in [3.05, 3.63) is 62.5 Å². The zero-order valence-electron chi connectivity index (χ0n) is 19.1. The Morgan fingerprint density at radius 3 is 2.78 bits per heavy atom. The third kappa shape index (κ3) is 3.82. The Bertz CT molecular complexity index is 1380. The first-order chi connectivity index (χ1) is 15.3. The van der Waals surface area contributed by atoms with E-state index in [-0.39, 0.29) is 28.1 Å². The van der Waals surface area contributed by atoms with E-state index in [9.17, 15) is 9.59 Å². The van der Waals surface area contributed by atoms with Crippen molar-refractivity contribution in [1.29, 1.82) is 0 Å². The van der Waals surface area contributed by atoms with E-state index in [0.717, 1.165) is 11.2 Å². The highest BCUT2D eigenvalue weighted by molar-refractivity contribution is 6.06. The number of furan rings is 1. The van der Waals surface area contributed by atoms with E-state index in [2.05, 4.69) is 41.3 Å². The van der Waals surface area contributed by atoms with Gasteiger partial charge in [0.05, 0.1) is 18.7 Å². The van der Waals surface area contributed by atoms with Gasteiger partial charge in [0, 0.05) is 30.3 Å². The predicted octanol–water partition coefficient (Wildman–Crippen LogP) is 3.32. The number of H-pyrrole nitrogens is 1. The molecular formula is C24H28N4O4. The second kappa shape index (κ2) is 8.63. The summed E-state index contributed by atoms with van der Waals surface area (Å²) in [6, 6.07) is 4.33. The smallest absolute Gasteiger partial charge is 0.265 e.